The molecule has 7 nitrogen and oxygen atoms in total. The predicted octanol–water partition coefficient (Wildman–Crippen LogP) is 3.70. The molecule has 0 aliphatic rings. The second-order valence-electron chi connectivity index (χ2n) is 5.88. The summed E-state index contributed by atoms with van der Waals surface area (Å²) in [6, 6.07) is 7.92. The molecule has 2 aromatic carbocycles. The van der Waals surface area contributed by atoms with Crippen molar-refractivity contribution in [1.29, 1.82) is 0 Å². The Balaban J connectivity index is 2.24. The van der Waals surface area contributed by atoms with E-state index in [1.54, 1.807) is 0 Å². The van der Waals surface area contributed by atoms with Gasteiger partial charge in [-0.3, -0.25) is 14.4 Å². The molecule has 28 heavy (non-hydrogen) atoms. The smallest absolute Gasteiger partial charge is 0.303 e. The number of hydrogen-bond donors (Lipinski definition) is 2. The Kier molecular flexibility index (Phi) is 6.82. The van der Waals surface area contributed by atoms with Crippen LogP contribution in [-0.2, 0) is 14.6 Å². The van der Waals surface area contributed by atoms with E-state index in [-0.39, 0.29) is 44.6 Å². The molecule has 0 unspecified atom stereocenters. The number of carbonyl (C=O) groups is 3. The Bertz CT molecular complexity index is 1070. The number of rotatable bonds is 7. The van der Waals surface area contributed by atoms with Crippen LogP contribution < -0.4 is 5.32 Å². The van der Waals surface area contributed by atoms with E-state index in [2.05, 4.69) is 5.32 Å². The summed E-state index contributed by atoms with van der Waals surface area (Å²) in [5.74, 6) is -2.20. The number of amides is 1. The number of sulfone groups is 1. The Labute approximate surface area is 171 Å². The summed E-state index contributed by atoms with van der Waals surface area (Å²) in [5.41, 5.74) is 0.373. The van der Waals surface area contributed by atoms with E-state index in [9.17, 15) is 22.8 Å². The van der Waals surface area contributed by atoms with E-state index in [4.69, 9.17) is 28.3 Å². The summed E-state index contributed by atoms with van der Waals surface area (Å²) in [6.07, 6.45) is 0.453. The highest BCUT2D eigenvalue weighted by Crippen LogP contribution is 2.25. The molecule has 0 aliphatic heterocycles. The molecule has 0 aliphatic carbocycles. The van der Waals surface area contributed by atoms with Crippen LogP contribution in [0.1, 0.15) is 33.6 Å². The number of nitrogens with one attached hydrogen (secondary N) is 1. The second-order valence-corrected chi connectivity index (χ2v) is 8.71. The third-order valence-corrected chi connectivity index (χ3v) is 5.46. The van der Waals surface area contributed by atoms with Gasteiger partial charge in [-0.2, -0.15) is 0 Å². The van der Waals surface area contributed by atoms with E-state index in [0.29, 0.717) is 0 Å². The van der Waals surface area contributed by atoms with Crippen molar-refractivity contribution >= 4 is 56.4 Å². The van der Waals surface area contributed by atoms with Crippen LogP contribution in [0.2, 0.25) is 10.0 Å². The van der Waals surface area contributed by atoms with Crippen LogP contribution in [0, 0.1) is 0 Å². The summed E-state index contributed by atoms with van der Waals surface area (Å²) in [4.78, 5) is 35.2. The maximum atomic E-state index is 12.4. The van der Waals surface area contributed by atoms with Crippen LogP contribution in [-0.4, -0.2) is 37.4 Å². The summed E-state index contributed by atoms with van der Waals surface area (Å²) in [7, 11) is -3.47. The first kappa shape index (κ1) is 21.9. The number of ketones is 1. The topological polar surface area (TPSA) is 118 Å². The molecule has 0 saturated heterocycles. The zero-order valence-electron chi connectivity index (χ0n) is 14.5. The molecule has 1 amide bonds. The van der Waals surface area contributed by atoms with E-state index in [1.807, 2.05) is 0 Å². The summed E-state index contributed by atoms with van der Waals surface area (Å²) in [6.45, 7) is 0. The fraction of sp³-hybridized carbons (Fsp3) is 0.167. The predicted molar refractivity (Wildman–Crippen MR) is 105 cm³/mol. The number of benzene rings is 2. The Hall–Kier alpha value is -2.42. The fourth-order valence-corrected chi connectivity index (χ4v) is 3.48. The number of anilines is 1. The average molecular weight is 444 g/mol. The van der Waals surface area contributed by atoms with Gasteiger partial charge in [-0.15, -0.1) is 0 Å². The van der Waals surface area contributed by atoms with E-state index in [1.165, 1.54) is 36.4 Å². The minimum absolute atomic E-state index is 0.0214. The van der Waals surface area contributed by atoms with Crippen LogP contribution >= 0.6 is 23.2 Å². The second kappa shape index (κ2) is 8.72. The van der Waals surface area contributed by atoms with Crippen LogP contribution in [0.4, 0.5) is 5.69 Å². The molecule has 2 aromatic rings. The maximum absolute atomic E-state index is 12.4. The number of halogens is 2. The van der Waals surface area contributed by atoms with Crippen LogP contribution in [0.15, 0.2) is 41.3 Å². The number of hydrogen-bond acceptors (Lipinski definition) is 5. The van der Waals surface area contributed by atoms with Crippen molar-refractivity contribution in [2.75, 3.05) is 11.6 Å². The molecule has 2 rings (SSSR count). The zero-order chi connectivity index (χ0) is 21.1. The van der Waals surface area contributed by atoms with E-state index in [0.717, 1.165) is 6.26 Å². The van der Waals surface area contributed by atoms with Crippen LogP contribution in [0.5, 0.6) is 0 Å². The molecule has 0 bridgehead atoms. The summed E-state index contributed by atoms with van der Waals surface area (Å²) in [5, 5.41) is 11.3. The normalized spacial score (nSPS) is 11.1. The first-order valence-corrected chi connectivity index (χ1v) is 10.5. The molecule has 0 fully saturated rings. The molecule has 148 valence electrons. The largest absolute Gasteiger partial charge is 0.481 e. The monoisotopic (exact) mass is 443 g/mol. The van der Waals surface area contributed by atoms with Crippen molar-refractivity contribution in [2.24, 2.45) is 0 Å². The third-order valence-electron chi connectivity index (χ3n) is 3.70. The lowest BCUT2D eigenvalue weighted by Crippen LogP contribution is -2.14. The number of aliphatic carboxylic acids is 1. The fourth-order valence-electron chi connectivity index (χ4n) is 2.28. The Morgan fingerprint density at radius 2 is 1.64 bits per heavy atom. The van der Waals surface area contributed by atoms with Gasteiger partial charge in [0.25, 0.3) is 5.91 Å². The standard InChI is InChI=1S/C18H15Cl2NO6S/c1-28(26,27)11-3-4-12(15(20)9-11)18(25)21-10-2-5-14(19)13(8-10)16(22)6-7-17(23)24/h2-5,8-9H,6-7H2,1H3,(H,21,25)(H,23,24). The van der Waals surface area contributed by atoms with Crippen molar-refractivity contribution in [1.82, 2.24) is 0 Å². The third kappa shape index (κ3) is 5.54. The Morgan fingerprint density at radius 3 is 2.21 bits per heavy atom. The highest BCUT2D eigenvalue weighted by Gasteiger charge is 2.17. The van der Waals surface area contributed by atoms with Gasteiger partial charge in [0.15, 0.2) is 15.6 Å². The summed E-state index contributed by atoms with van der Waals surface area (Å²) < 4.78 is 23.1. The quantitative estimate of drug-likeness (QED) is 0.629. The molecular weight excluding hydrogens is 429 g/mol. The van der Waals surface area contributed by atoms with Gasteiger partial charge in [-0.05, 0) is 36.4 Å². The van der Waals surface area contributed by atoms with Crippen molar-refractivity contribution in [2.45, 2.75) is 17.7 Å². The molecule has 0 radical (unpaired) electrons. The lowest BCUT2D eigenvalue weighted by molar-refractivity contribution is -0.136. The number of carbonyl (C=O) groups excluding carboxylic acids is 2. The molecule has 2 N–H and O–H groups in total. The van der Waals surface area contributed by atoms with Gasteiger partial charge < -0.3 is 10.4 Å². The lowest BCUT2D eigenvalue weighted by Gasteiger charge is -2.10. The highest BCUT2D eigenvalue weighted by atomic mass is 35.5. The number of Topliss-reactive ketones (excluding diaryl/α,β-unsaturated/α-hetero) is 1. The lowest BCUT2D eigenvalue weighted by atomic mass is 10.1. The minimum Gasteiger partial charge on any atom is -0.481 e. The molecular formula is C18H15Cl2NO6S. The van der Waals surface area contributed by atoms with Crippen molar-refractivity contribution in [3.63, 3.8) is 0 Å². The van der Waals surface area contributed by atoms with Gasteiger partial charge in [-0.25, -0.2) is 8.42 Å². The molecule has 0 atom stereocenters. The van der Waals surface area contributed by atoms with Gasteiger partial charge in [0.05, 0.1) is 26.9 Å². The van der Waals surface area contributed by atoms with Gasteiger partial charge in [-0.1, -0.05) is 23.2 Å². The highest BCUT2D eigenvalue weighted by molar-refractivity contribution is 7.90. The molecule has 0 heterocycles. The van der Waals surface area contributed by atoms with Crippen molar-refractivity contribution in [3.8, 4) is 0 Å². The van der Waals surface area contributed by atoms with Crippen molar-refractivity contribution in [3.05, 3.63) is 57.6 Å². The van der Waals surface area contributed by atoms with E-state index >= 15 is 0 Å². The van der Waals surface area contributed by atoms with E-state index < -0.39 is 27.5 Å². The SMILES string of the molecule is CS(=O)(=O)c1ccc(C(=O)Nc2ccc(Cl)c(C(=O)CCC(=O)O)c2)c(Cl)c1. The maximum Gasteiger partial charge on any atom is 0.303 e. The van der Waals surface area contributed by atoms with Gasteiger partial charge in [0, 0.05) is 23.9 Å². The molecule has 0 spiro atoms. The average Bonchev–Trinajstić information content (AvgIpc) is 2.60. The number of carboxylic acids is 1. The van der Waals surface area contributed by atoms with Gasteiger partial charge in [0.2, 0.25) is 0 Å². The van der Waals surface area contributed by atoms with Crippen LogP contribution in [0.25, 0.3) is 0 Å². The van der Waals surface area contributed by atoms with Crippen LogP contribution in [0.3, 0.4) is 0 Å². The van der Waals surface area contributed by atoms with Gasteiger partial charge in [0.1, 0.15) is 0 Å². The minimum atomic E-state index is -3.47. The molecule has 0 aromatic heterocycles. The Morgan fingerprint density at radius 1 is 0.964 bits per heavy atom. The summed E-state index contributed by atoms with van der Waals surface area (Å²) >= 11 is 12.0. The molecule has 0 saturated carbocycles. The first-order chi connectivity index (χ1) is 13.0. The first-order valence-electron chi connectivity index (χ1n) is 7.84. The van der Waals surface area contributed by atoms with Gasteiger partial charge >= 0.3 is 5.97 Å². The zero-order valence-corrected chi connectivity index (χ0v) is 16.9. The van der Waals surface area contributed by atoms with Crippen molar-refractivity contribution < 1.29 is 27.9 Å². The molecule has 10 heteroatoms. The number of carboxylic acid groups (broad SMARTS) is 1.